The molecule has 0 saturated heterocycles. The molecule has 0 bridgehead atoms. The van der Waals surface area contributed by atoms with E-state index in [0.29, 0.717) is 13.1 Å². The zero-order valence-corrected chi connectivity index (χ0v) is 14.3. The zero-order chi connectivity index (χ0) is 17.6. The van der Waals surface area contributed by atoms with E-state index in [9.17, 15) is 9.18 Å². The average molecular weight is 341 g/mol. The van der Waals surface area contributed by atoms with Gasteiger partial charge in [-0.3, -0.25) is 9.78 Å². The van der Waals surface area contributed by atoms with Crippen molar-refractivity contribution in [3.63, 3.8) is 0 Å². The van der Waals surface area contributed by atoms with Gasteiger partial charge in [-0.25, -0.2) is 4.39 Å². The first-order valence-electron chi connectivity index (χ1n) is 8.79. The van der Waals surface area contributed by atoms with Crippen LogP contribution in [-0.4, -0.2) is 21.8 Å². The first kappa shape index (κ1) is 17.5. The summed E-state index contributed by atoms with van der Waals surface area (Å²) < 4.78 is 13.2. The van der Waals surface area contributed by atoms with E-state index in [0.717, 1.165) is 36.8 Å². The minimum Gasteiger partial charge on any atom is -0.334 e. The van der Waals surface area contributed by atoms with Crippen molar-refractivity contribution >= 4 is 5.91 Å². The van der Waals surface area contributed by atoms with Crippen molar-refractivity contribution in [3.8, 4) is 0 Å². The lowest BCUT2D eigenvalue weighted by Gasteiger charge is -2.31. The first-order valence-corrected chi connectivity index (χ1v) is 8.79. The monoisotopic (exact) mass is 341 g/mol. The van der Waals surface area contributed by atoms with Crippen LogP contribution in [0.4, 0.5) is 4.39 Å². The van der Waals surface area contributed by atoms with E-state index in [1.807, 2.05) is 17.0 Å². The molecule has 1 aliphatic rings. The molecule has 1 saturated carbocycles. The van der Waals surface area contributed by atoms with Crippen LogP contribution >= 0.6 is 0 Å². The summed E-state index contributed by atoms with van der Waals surface area (Å²) in [6, 6.07) is 10.3. The van der Waals surface area contributed by atoms with Crippen molar-refractivity contribution in [2.75, 3.05) is 0 Å². The highest BCUT2D eigenvalue weighted by Gasteiger charge is 2.29. The van der Waals surface area contributed by atoms with E-state index >= 15 is 0 Å². The van der Waals surface area contributed by atoms with Crippen molar-refractivity contribution < 1.29 is 9.18 Å². The molecule has 1 aromatic carbocycles. The summed E-state index contributed by atoms with van der Waals surface area (Å²) in [5.41, 5.74) is 8.02. The molecule has 25 heavy (non-hydrogen) atoms. The first-order chi connectivity index (χ1) is 12.1. The van der Waals surface area contributed by atoms with Crippen LogP contribution in [0.1, 0.15) is 36.8 Å². The Morgan fingerprint density at radius 1 is 1.08 bits per heavy atom. The van der Waals surface area contributed by atoms with Crippen LogP contribution in [0.2, 0.25) is 0 Å². The second kappa shape index (κ2) is 8.21. The summed E-state index contributed by atoms with van der Waals surface area (Å²) in [6.07, 6.45) is 7.08. The van der Waals surface area contributed by atoms with Crippen molar-refractivity contribution in [3.05, 3.63) is 65.7 Å². The number of carbonyl (C=O) groups excluding carboxylic acids is 1. The normalized spacial score (nSPS) is 20.2. The molecule has 0 spiro atoms. The highest BCUT2D eigenvalue weighted by Crippen LogP contribution is 2.26. The number of rotatable bonds is 5. The van der Waals surface area contributed by atoms with Crippen LogP contribution in [0.25, 0.3) is 0 Å². The van der Waals surface area contributed by atoms with Crippen molar-refractivity contribution in [1.82, 2.24) is 9.88 Å². The third-order valence-corrected chi connectivity index (χ3v) is 4.79. The molecular formula is C20H24FN3O. The number of nitrogens with two attached hydrogens (primary N) is 1. The molecule has 2 atom stereocenters. The standard InChI is InChI=1S/C20H24FN3O/c21-18-6-4-15(5-7-18)13-24(14-16-8-10-23-11-9-16)20(25)17-2-1-3-19(22)12-17/h4-11,17,19H,1-3,12-14,22H2/t17-,19+/m1/s1. The third kappa shape index (κ3) is 4.86. The smallest absolute Gasteiger partial charge is 0.226 e. The van der Waals surface area contributed by atoms with E-state index in [1.54, 1.807) is 24.5 Å². The summed E-state index contributed by atoms with van der Waals surface area (Å²) in [6.45, 7) is 0.984. The maximum absolute atomic E-state index is 13.2. The second-order valence-corrected chi connectivity index (χ2v) is 6.80. The van der Waals surface area contributed by atoms with Crippen molar-refractivity contribution in [1.29, 1.82) is 0 Å². The van der Waals surface area contributed by atoms with Gasteiger partial charge in [-0.1, -0.05) is 18.6 Å². The molecule has 0 radical (unpaired) electrons. The number of hydrogen-bond donors (Lipinski definition) is 1. The van der Waals surface area contributed by atoms with Crippen molar-refractivity contribution in [2.24, 2.45) is 11.7 Å². The van der Waals surface area contributed by atoms with Crippen LogP contribution in [0.3, 0.4) is 0 Å². The lowest BCUT2D eigenvalue weighted by atomic mass is 9.85. The Kier molecular flexibility index (Phi) is 5.76. The fourth-order valence-corrected chi connectivity index (χ4v) is 3.44. The highest BCUT2D eigenvalue weighted by atomic mass is 19.1. The van der Waals surface area contributed by atoms with Crippen LogP contribution in [0, 0.1) is 11.7 Å². The minimum absolute atomic E-state index is 0.0222. The Bertz CT molecular complexity index is 690. The number of halogens is 1. The van der Waals surface area contributed by atoms with Gasteiger partial charge in [-0.15, -0.1) is 0 Å². The molecule has 1 heterocycles. The Hall–Kier alpha value is -2.27. The molecule has 4 nitrogen and oxygen atoms in total. The number of amides is 1. The average Bonchev–Trinajstić information content (AvgIpc) is 2.63. The summed E-state index contributed by atoms with van der Waals surface area (Å²) in [7, 11) is 0. The summed E-state index contributed by atoms with van der Waals surface area (Å²) >= 11 is 0. The summed E-state index contributed by atoms with van der Waals surface area (Å²) in [4.78, 5) is 19.0. The molecule has 5 heteroatoms. The van der Waals surface area contributed by atoms with Crippen LogP contribution in [-0.2, 0) is 17.9 Å². The number of carbonyl (C=O) groups is 1. The van der Waals surface area contributed by atoms with Gasteiger partial charge < -0.3 is 10.6 Å². The SMILES string of the molecule is N[C@H]1CCC[C@@H](C(=O)N(Cc2ccncc2)Cc2ccc(F)cc2)C1. The van der Waals surface area contributed by atoms with Gasteiger partial charge in [0.1, 0.15) is 5.82 Å². The van der Waals surface area contributed by atoms with Gasteiger partial charge in [-0.2, -0.15) is 0 Å². The number of pyridine rings is 1. The largest absolute Gasteiger partial charge is 0.334 e. The van der Waals surface area contributed by atoms with Gasteiger partial charge in [0, 0.05) is 37.4 Å². The highest BCUT2D eigenvalue weighted by molar-refractivity contribution is 5.79. The molecule has 0 unspecified atom stereocenters. The maximum Gasteiger partial charge on any atom is 0.226 e. The molecule has 3 rings (SSSR count). The molecule has 2 N–H and O–H groups in total. The number of hydrogen-bond acceptors (Lipinski definition) is 3. The summed E-state index contributed by atoms with van der Waals surface area (Å²) in [5.74, 6) is -0.156. The molecule has 1 amide bonds. The van der Waals surface area contributed by atoms with Gasteiger partial charge in [-0.05, 0) is 54.7 Å². The molecular weight excluding hydrogens is 317 g/mol. The molecule has 1 aromatic heterocycles. The van der Waals surface area contributed by atoms with E-state index in [-0.39, 0.29) is 23.7 Å². The Balaban J connectivity index is 1.77. The molecule has 2 aromatic rings. The predicted octanol–water partition coefficient (Wildman–Crippen LogP) is 3.27. The molecule has 132 valence electrons. The van der Waals surface area contributed by atoms with E-state index < -0.39 is 0 Å². The van der Waals surface area contributed by atoms with E-state index in [1.165, 1.54) is 12.1 Å². The number of aromatic nitrogens is 1. The Morgan fingerprint density at radius 2 is 1.72 bits per heavy atom. The lowest BCUT2D eigenvalue weighted by Crippen LogP contribution is -2.40. The Labute approximate surface area is 147 Å². The maximum atomic E-state index is 13.2. The summed E-state index contributed by atoms with van der Waals surface area (Å²) in [5, 5.41) is 0. The third-order valence-electron chi connectivity index (χ3n) is 4.79. The molecule has 1 aliphatic carbocycles. The topological polar surface area (TPSA) is 59.2 Å². The fourth-order valence-electron chi connectivity index (χ4n) is 3.44. The van der Waals surface area contributed by atoms with E-state index in [4.69, 9.17) is 5.73 Å². The van der Waals surface area contributed by atoms with Crippen LogP contribution in [0.5, 0.6) is 0 Å². The van der Waals surface area contributed by atoms with Gasteiger partial charge >= 0.3 is 0 Å². The lowest BCUT2D eigenvalue weighted by molar-refractivity contribution is -0.138. The van der Waals surface area contributed by atoms with Crippen molar-refractivity contribution in [2.45, 2.75) is 44.8 Å². The second-order valence-electron chi connectivity index (χ2n) is 6.80. The zero-order valence-electron chi connectivity index (χ0n) is 14.3. The Morgan fingerprint density at radius 3 is 2.36 bits per heavy atom. The minimum atomic E-state index is -0.269. The van der Waals surface area contributed by atoms with Gasteiger partial charge in [0.25, 0.3) is 0 Å². The van der Waals surface area contributed by atoms with Crippen LogP contribution < -0.4 is 5.73 Å². The predicted molar refractivity (Wildman–Crippen MR) is 94.8 cm³/mol. The van der Waals surface area contributed by atoms with Crippen LogP contribution in [0.15, 0.2) is 48.8 Å². The number of benzene rings is 1. The number of nitrogens with zero attached hydrogens (tertiary/aromatic N) is 2. The molecule has 0 aliphatic heterocycles. The quantitative estimate of drug-likeness (QED) is 0.908. The van der Waals surface area contributed by atoms with Gasteiger partial charge in [0.05, 0.1) is 0 Å². The van der Waals surface area contributed by atoms with E-state index in [2.05, 4.69) is 4.98 Å². The fraction of sp³-hybridized carbons (Fsp3) is 0.400. The molecule has 1 fully saturated rings. The van der Waals surface area contributed by atoms with Gasteiger partial charge in [0.2, 0.25) is 5.91 Å². The van der Waals surface area contributed by atoms with Gasteiger partial charge in [0.15, 0.2) is 0 Å².